The van der Waals surface area contributed by atoms with E-state index in [1.165, 1.54) is 38.5 Å². The van der Waals surface area contributed by atoms with Crippen LogP contribution >= 0.6 is 0 Å². The summed E-state index contributed by atoms with van der Waals surface area (Å²) in [5.41, 5.74) is 0. The summed E-state index contributed by atoms with van der Waals surface area (Å²) in [5.74, 6) is 0. The molecule has 0 saturated heterocycles. The van der Waals surface area contributed by atoms with Crippen LogP contribution in [0, 0.1) is 0 Å². The third-order valence-corrected chi connectivity index (χ3v) is 1.82. The van der Waals surface area contributed by atoms with E-state index in [-0.39, 0.29) is 0 Å². The van der Waals surface area contributed by atoms with Crippen molar-refractivity contribution in [3.8, 4) is 0 Å². The van der Waals surface area contributed by atoms with Crippen LogP contribution in [0.2, 0.25) is 0 Å². The lowest BCUT2D eigenvalue weighted by atomic mass is 10.1. The summed E-state index contributed by atoms with van der Waals surface area (Å²) < 4.78 is 0. The van der Waals surface area contributed by atoms with E-state index in [1.54, 1.807) is 6.08 Å². The zero-order valence-corrected chi connectivity index (χ0v) is 7.51. The summed E-state index contributed by atoms with van der Waals surface area (Å²) in [6.45, 7) is 2.22. The summed E-state index contributed by atoms with van der Waals surface area (Å²) in [4.78, 5) is 0. The molecule has 0 atom stereocenters. The fourth-order valence-electron chi connectivity index (χ4n) is 1.11. The summed E-state index contributed by atoms with van der Waals surface area (Å²) in [7, 11) is 0. The molecule has 0 aliphatic rings. The molecule has 0 aromatic heterocycles. The smallest absolute Gasteiger partial charge is 0.138 e. The molecule has 0 N–H and O–H groups in total. The molecule has 0 heterocycles. The van der Waals surface area contributed by atoms with Gasteiger partial charge in [-0.15, -0.1) is 0 Å². The first-order chi connectivity index (χ1) is 5.41. The third kappa shape index (κ3) is 9.54. The molecule has 11 heavy (non-hydrogen) atoms. The molecule has 0 aromatic rings. The van der Waals surface area contributed by atoms with Crippen LogP contribution in [0.3, 0.4) is 0 Å². The van der Waals surface area contributed by atoms with Crippen molar-refractivity contribution in [1.82, 2.24) is 0 Å². The highest BCUT2D eigenvalue weighted by atomic mass is 16.2. The lowest BCUT2D eigenvalue weighted by Gasteiger charge is -1.96. The number of allylic oxidation sites excluding steroid dienone is 1. The van der Waals surface area contributed by atoms with Crippen LogP contribution in [0.5, 0.6) is 0 Å². The van der Waals surface area contributed by atoms with Gasteiger partial charge < -0.3 is 0 Å². The molecule has 0 rings (SSSR count). The van der Waals surface area contributed by atoms with Gasteiger partial charge in [-0.05, 0) is 18.9 Å². The van der Waals surface area contributed by atoms with Crippen LogP contribution in [0.1, 0.15) is 51.9 Å². The first kappa shape index (κ1) is 10.5. The molecule has 0 bridgehead atoms. The van der Waals surface area contributed by atoms with Gasteiger partial charge in [-0.25, -0.2) is 0 Å². The minimum atomic E-state index is 0.895. The first-order valence-corrected chi connectivity index (χ1v) is 4.68. The largest absolute Gasteiger partial charge is 0.299 e. The van der Waals surface area contributed by atoms with E-state index in [4.69, 9.17) is 0 Å². The zero-order chi connectivity index (χ0) is 8.36. The molecule has 0 aromatic carbocycles. The predicted octanol–water partition coefficient (Wildman–Crippen LogP) is 3.68. The van der Waals surface area contributed by atoms with Crippen molar-refractivity contribution in [2.45, 2.75) is 51.9 Å². The molecular weight excluding hydrogens is 136 g/mol. The van der Waals surface area contributed by atoms with Crippen LogP contribution in [0.25, 0.3) is 0 Å². The molecule has 0 aliphatic carbocycles. The van der Waals surface area contributed by atoms with Crippen molar-refractivity contribution in [2.75, 3.05) is 0 Å². The zero-order valence-electron chi connectivity index (χ0n) is 7.51. The highest BCUT2D eigenvalue weighted by Crippen LogP contribution is 2.06. The third-order valence-electron chi connectivity index (χ3n) is 1.82. The number of unbranched alkanes of at least 4 members (excludes halogenated alkanes) is 6. The van der Waals surface area contributed by atoms with Crippen molar-refractivity contribution in [2.24, 2.45) is 0 Å². The van der Waals surface area contributed by atoms with E-state index in [9.17, 15) is 5.11 Å². The highest BCUT2D eigenvalue weighted by molar-refractivity contribution is 4.70. The van der Waals surface area contributed by atoms with Crippen LogP contribution in [0.4, 0.5) is 0 Å². The Morgan fingerprint density at radius 2 is 1.64 bits per heavy atom. The van der Waals surface area contributed by atoms with E-state index in [0.29, 0.717) is 0 Å². The fraction of sp³-hybridized carbons (Fsp3) is 0.800. The predicted molar refractivity (Wildman–Crippen MR) is 47.8 cm³/mol. The van der Waals surface area contributed by atoms with Crippen LogP contribution in [-0.4, -0.2) is 0 Å². The topological polar surface area (TPSA) is 19.9 Å². The van der Waals surface area contributed by atoms with Crippen molar-refractivity contribution in [3.05, 3.63) is 12.3 Å². The van der Waals surface area contributed by atoms with E-state index in [0.717, 1.165) is 12.7 Å². The molecule has 1 nitrogen and oxygen atoms in total. The quantitative estimate of drug-likeness (QED) is 0.395. The van der Waals surface area contributed by atoms with Crippen molar-refractivity contribution >= 4 is 0 Å². The molecule has 1 radical (unpaired) electrons. The maximum absolute atomic E-state index is 9.88. The Morgan fingerprint density at radius 1 is 1.00 bits per heavy atom. The minimum absolute atomic E-state index is 0.895. The molecule has 0 spiro atoms. The fourth-order valence-corrected chi connectivity index (χ4v) is 1.11. The van der Waals surface area contributed by atoms with Crippen LogP contribution < -0.4 is 0 Å². The number of rotatable bonds is 7. The van der Waals surface area contributed by atoms with Crippen molar-refractivity contribution in [3.63, 3.8) is 0 Å². The van der Waals surface area contributed by atoms with E-state index in [1.807, 2.05) is 0 Å². The van der Waals surface area contributed by atoms with Gasteiger partial charge in [-0.1, -0.05) is 39.0 Å². The second-order valence-corrected chi connectivity index (χ2v) is 2.93. The molecule has 0 amide bonds. The second-order valence-electron chi connectivity index (χ2n) is 2.93. The van der Waals surface area contributed by atoms with Gasteiger partial charge >= 0.3 is 0 Å². The Kier molecular flexibility index (Phi) is 9.14. The highest BCUT2D eigenvalue weighted by Gasteiger charge is 1.87. The number of hydrogen-bond acceptors (Lipinski definition) is 0. The summed E-state index contributed by atoms with van der Waals surface area (Å²) in [6.07, 6.45) is 11.4. The average molecular weight is 155 g/mol. The summed E-state index contributed by atoms with van der Waals surface area (Å²) >= 11 is 0. The molecule has 0 saturated carbocycles. The van der Waals surface area contributed by atoms with Gasteiger partial charge in [0.25, 0.3) is 0 Å². The van der Waals surface area contributed by atoms with Gasteiger partial charge in [-0.3, -0.25) is 5.11 Å². The Morgan fingerprint density at radius 3 is 2.27 bits per heavy atom. The van der Waals surface area contributed by atoms with Gasteiger partial charge in [0.2, 0.25) is 0 Å². The standard InChI is InChI=1S/C10H19O/c1-2-3-4-5-6-7-8-9-10-11/h9-10H,2-8H2,1H3. The van der Waals surface area contributed by atoms with Gasteiger partial charge in [0.15, 0.2) is 0 Å². The van der Waals surface area contributed by atoms with Gasteiger partial charge in [0.05, 0.1) is 0 Å². The minimum Gasteiger partial charge on any atom is -0.299 e. The SMILES string of the molecule is CCCCCCCCC=C[O]. The summed E-state index contributed by atoms with van der Waals surface area (Å²) in [5, 5.41) is 9.88. The van der Waals surface area contributed by atoms with Crippen LogP contribution in [0.15, 0.2) is 12.3 Å². The average Bonchev–Trinajstić information content (AvgIpc) is 2.03. The summed E-state index contributed by atoms with van der Waals surface area (Å²) in [6, 6.07) is 0. The van der Waals surface area contributed by atoms with E-state index >= 15 is 0 Å². The van der Waals surface area contributed by atoms with Crippen molar-refractivity contribution in [1.29, 1.82) is 0 Å². The van der Waals surface area contributed by atoms with E-state index in [2.05, 4.69) is 6.92 Å². The normalized spacial score (nSPS) is 11.0. The number of hydrogen-bond donors (Lipinski definition) is 0. The maximum atomic E-state index is 9.88. The lowest BCUT2D eigenvalue weighted by molar-refractivity contribution is 0.349. The second kappa shape index (κ2) is 9.54. The molecular formula is C10H19O. The monoisotopic (exact) mass is 155 g/mol. The first-order valence-electron chi connectivity index (χ1n) is 4.68. The molecule has 1 heteroatoms. The molecule has 0 fully saturated rings. The Balaban J connectivity index is 2.79. The van der Waals surface area contributed by atoms with Gasteiger partial charge in [0, 0.05) is 0 Å². The molecule has 0 unspecified atom stereocenters. The van der Waals surface area contributed by atoms with Crippen molar-refractivity contribution < 1.29 is 5.11 Å². The lowest BCUT2D eigenvalue weighted by Crippen LogP contribution is -1.77. The van der Waals surface area contributed by atoms with E-state index < -0.39 is 0 Å². The van der Waals surface area contributed by atoms with Crippen LogP contribution in [-0.2, 0) is 5.11 Å². The maximum Gasteiger partial charge on any atom is 0.138 e. The molecule has 65 valence electrons. The Bertz CT molecular complexity index is 86.9. The Hall–Kier alpha value is -0.460. The van der Waals surface area contributed by atoms with Gasteiger partial charge in [-0.2, -0.15) is 0 Å². The Labute approximate surface area is 70.1 Å². The van der Waals surface area contributed by atoms with Gasteiger partial charge in [0.1, 0.15) is 6.26 Å². The molecule has 0 aliphatic heterocycles.